The van der Waals surface area contributed by atoms with Gasteiger partial charge in [0.05, 0.1) is 11.9 Å². The monoisotopic (exact) mass is 222 g/mol. The zero-order valence-electron chi connectivity index (χ0n) is 6.73. The lowest BCUT2D eigenvalue weighted by Gasteiger charge is -1.99. The summed E-state index contributed by atoms with van der Waals surface area (Å²) in [5.74, 6) is -0.119. The second-order valence-electron chi connectivity index (χ2n) is 2.36. The molecule has 0 aromatic carbocycles. The van der Waals surface area contributed by atoms with Crippen molar-refractivity contribution < 1.29 is 8.42 Å². The fraction of sp³-hybridized carbons (Fsp3) is 0.400. The van der Waals surface area contributed by atoms with E-state index in [9.17, 15) is 8.42 Å². The van der Waals surface area contributed by atoms with Crippen molar-refractivity contribution in [2.75, 3.05) is 23.3 Å². The van der Waals surface area contributed by atoms with E-state index in [1.807, 2.05) is 0 Å². The van der Waals surface area contributed by atoms with Crippen molar-refractivity contribution in [1.29, 1.82) is 0 Å². The van der Waals surface area contributed by atoms with E-state index >= 15 is 0 Å². The lowest BCUT2D eigenvalue weighted by Crippen LogP contribution is -2.22. The third-order valence-electron chi connectivity index (χ3n) is 1.19. The van der Waals surface area contributed by atoms with Crippen LogP contribution in [0.1, 0.15) is 0 Å². The van der Waals surface area contributed by atoms with Crippen molar-refractivity contribution >= 4 is 31.5 Å². The van der Waals surface area contributed by atoms with Crippen LogP contribution < -0.4 is 16.2 Å². The molecule has 8 heteroatoms. The SMILES string of the molecule is Nc1cnc(NCCS(N)(=O)=O)s1. The number of sulfonamides is 1. The number of nitrogen functional groups attached to an aromatic ring is 1. The third kappa shape index (κ3) is 4.06. The number of nitrogens with one attached hydrogen (secondary N) is 1. The maximum absolute atomic E-state index is 10.5. The molecular weight excluding hydrogens is 212 g/mol. The van der Waals surface area contributed by atoms with Gasteiger partial charge in [0.25, 0.3) is 0 Å². The van der Waals surface area contributed by atoms with Crippen molar-refractivity contribution in [2.24, 2.45) is 5.14 Å². The Morgan fingerprint density at radius 3 is 2.77 bits per heavy atom. The molecular formula is C5H10N4O2S2. The minimum Gasteiger partial charge on any atom is -0.389 e. The van der Waals surface area contributed by atoms with Crippen molar-refractivity contribution in [3.8, 4) is 0 Å². The molecule has 0 bridgehead atoms. The standard InChI is InChI=1S/C5H10N4O2S2/c6-4-3-9-5(12-4)8-1-2-13(7,10)11/h3H,1-2,6H2,(H,8,9)(H2,7,10,11). The molecule has 1 heterocycles. The first-order valence-corrected chi connectivity index (χ1v) is 5.96. The Kier molecular flexibility index (Phi) is 3.07. The van der Waals surface area contributed by atoms with Gasteiger partial charge < -0.3 is 11.1 Å². The molecule has 0 fully saturated rings. The van der Waals surface area contributed by atoms with E-state index in [1.54, 1.807) is 0 Å². The van der Waals surface area contributed by atoms with Crippen molar-refractivity contribution in [2.45, 2.75) is 0 Å². The van der Waals surface area contributed by atoms with Gasteiger partial charge in [0, 0.05) is 6.54 Å². The highest BCUT2D eigenvalue weighted by Gasteiger charge is 2.03. The number of aromatic nitrogens is 1. The number of rotatable bonds is 4. The van der Waals surface area contributed by atoms with E-state index in [4.69, 9.17) is 10.9 Å². The normalized spacial score (nSPS) is 11.5. The van der Waals surface area contributed by atoms with Crippen molar-refractivity contribution in [3.05, 3.63) is 6.20 Å². The Hall–Kier alpha value is -0.860. The van der Waals surface area contributed by atoms with Crippen LogP contribution in [0.3, 0.4) is 0 Å². The van der Waals surface area contributed by atoms with Gasteiger partial charge in [0.15, 0.2) is 5.13 Å². The van der Waals surface area contributed by atoms with Crippen LogP contribution >= 0.6 is 11.3 Å². The molecule has 1 rings (SSSR count). The van der Waals surface area contributed by atoms with Gasteiger partial charge in [-0.15, -0.1) is 0 Å². The molecule has 1 aromatic heterocycles. The van der Waals surface area contributed by atoms with Gasteiger partial charge >= 0.3 is 0 Å². The van der Waals surface area contributed by atoms with Gasteiger partial charge in [0.1, 0.15) is 5.00 Å². The summed E-state index contributed by atoms with van der Waals surface area (Å²) in [4.78, 5) is 3.88. The number of anilines is 2. The molecule has 0 saturated heterocycles. The van der Waals surface area contributed by atoms with Gasteiger partial charge in [-0.1, -0.05) is 11.3 Å². The maximum atomic E-state index is 10.5. The van der Waals surface area contributed by atoms with Gasteiger partial charge in [-0.25, -0.2) is 18.5 Å². The molecule has 0 aliphatic heterocycles. The van der Waals surface area contributed by atoms with E-state index in [-0.39, 0.29) is 12.3 Å². The molecule has 0 atom stereocenters. The van der Waals surface area contributed by atoms with Crippen LogP contribution in [0, 0.1) is 0 Å². The Labute approximate surface area is 80.0 Å². The number of primary sulfonamides is 1. The summed E-state index contributed by atoms with van der Waals surface area (Å²) in [7, 11) is -3.40. The number of hydrogen-bond acceptors (Lipinski definition) is 6. The molecule has 0 radical (unpaired) electrons. The summed E-state index contributed by atoms with van der Waals surface area (Å²) in [5.41, 5.74) is 5.41. The summed E-state index contributed by atoms with van der Waals surface area (Å²) in [5, 5.41) is 8.77. The Morgan fingerprint density at radius 1 is 1.62 bits per heavy atom. The zero-order chi connectivity index (χ0) is 9.90. The zero-order valence-corrected chi connectivity index (χ0v) is 8.36. The lowest BCUT2D eigenvalue weighted by atomic mass is 10.7. The number of nitrogens with two attached hydrogens (primary N) is 2. The largest absolute Gasteiger partial charge is 0.389 e. The van der Waals surface area contributed by atoms with E-state index in [1.165, 1.54) is 17.5 Å². The predicted molar refractivity (Wildman–Crippen MR) is 53.0 cm³/mol. The Morgan fingerprint density at radius 2 is 2.31 bits per heavy atom. The first kappa shape index (κ1) is 10.2. The predicted octanol–water partition coefficient (Wildman–Crippen LogP) is -0.574. The van der Waals surface area contributed by atoms with Crippen LogP contribution in [-0.2, 0) is 10.0 Å². The van der Waals surface area contributed by atoms with Gasteiger partial charge in [0.2, 0.25) is 10.0 Å². The lowest BCUT2D eigenvalue weighted by molar-refractivity contribution is 0.598. The fourth-order valence-corrected chi connectivity index (χ4v) is 1.66. The summed E-state index contributed by atoms with van der Waals surface area (Å²) in [6.07, 6.45) is 1.50. The molecule has 0 spiro atoms. The van der Waals surface area contributed by atoms with Crippen LogP contribution in [0.5, 0.6) is 0 Å². The van der Waals surface area contributed by atoms with Crippen LogP contribution in [0.25, 0.3) is 0 Å². The van der Waals surface area contributed by atoms with Gasteiger partial charge in [-0.3, -0.25) is 0 Å². The molecule has 0 aliphatic carbocycles. The quantitative estimate of drug-likeness (QED) is 0.631. The summed E-state index contributed by atoms with van der Waals surface area (Å²) >= 11 is 1.26. The van der Waals surface area contributed by atoms with Crippen LogP contribution in [-0.4, -0.2) is 25.7 Å². The summed E-state index contributed by atoms with van der Waals surface area (Å²) in [6.45, 7) is 0.242. The summed E-state index contributed by atoms with van der Waals surface area (Å²) < 4.78 is 21.0. The Balaban J connectivity index is 2.36. The topological polar surface area (TPSA) is 111 Å². The van der Waals surface area contributed by atoms with E-state index in [2.05, 4.69) is 10.3 Å². The second-order valence-corrected chi connectivity index (χ2v) is 5.16. The highest BCUT2D eigenvalue weighted by Crippen LogP contribution is 2.18. The second kappa shape index (κ2) is 3.90. The minimum absolute atomic E-state index is 0.119. The van der Waals surface area contributed by atoms with Crippen LogP contribution in [0.4, 0.5) is 10.1 Å². The van der Waals surface area contributed by atoms with Gasteiger partial charge in [-0.2, -0.15) is 0 Å². The first-order valence-electron chi connectivity index (χ1n) is 3.43. The third-order valence-corrected chi connectivity index (χ3v) is 2.74. The van der Waals surface area contributed by atoms with E-state index < -0.39 is 10.0 Å². The van der Waals surface area contributed by atoms with E-state index in [0.29, 0.717) is 10.1 Å². The van der Waals surface area contributed by atoms with E-state index in [0.717, 1.165) is 0 Å². The van der Waals surface area contributed by atoms with Crippen molar-refractivity contribution in [1.82, 2.24) is 4.98 Å². The molecule has 5 N–H and O–H groups in total. The molecule has 0 unspecified atom stereocenters. The molecule has 0 amide bonds. The average Bonchev–Trinajstić information content (AvgIpc) is 2.33. The van der Waals surface area contributed by atoms with Gasteiger partial charge in [-0.05, 0) is 0 Å². The maximum Gasteiger partial charge on any atom is 0.210 e. The highest BCUT2D eigenvalue weighted by molar-refractivity contribution is 7.89. The molecule has 74 valence electrons. The molecule has 6 nitrogen and oxygen atoms in total. The number of hydrogen-bond donors (Lipinski definition) is 3. The van der Waals surface area contributed by atoms with Crippen LogP contribution in [0.2, 0.25) is 0 Å². The molecule has 0 aliphatic rings. The average molecular weight is 222 g/mol. The minimum atomic E-state index is -3.40. The molecule has 1 aromatic rings. The van der Waals surface area contributed by atoms with Crippen LogP contribution in [0.15, 0.2) is 6.20 Å². The number of thiazole rings is 1. The smallest absolute Gasteiger partial charge is 0.210 e. The fourth-order valence-electron chi connectivity index (χ4n) is 0.669. The number of nitrogens with zero attached hydrogens (tertiary/aromatic N) is 1. The van der Waals surface area contributed by atoms with Crippen molar-refractivity contribution in [3.63, 3.8) is 0 Å². The first-order chi connectivity index (χ1) is 5.97. The molecule has 0 saturated carbocycles. The highest BCUT2D eigenvalue weighted by atomic mass is 32.2. The molecule has 13 heavy (non-hydrogen) atoms. The summed E-state index contributed by atoms with van der Waals surface area (Å²) in [6, 6.07) is 0. The Bertz CT molecular complexity index is 372.